The quantitative estimate of drug-likeness (QED) is 0.508. The molecule has 0 radical (unpaired) electrons. The molecular formula is C11H23P. The van der Waals surface area contributed by atoms with Gasteiger partial charge in [0, 0.05) is 0 Å². The molecule has 1 aliphatic rings. The minimum atomic E-state index is 0.825. The second-order valence-corrected chi connectivity index (χ2v) is 5.64. The van der Waals surface area contributed by atoms with Crippen LogP contribution in [0.15, 0.2) is 0 Å². The summed E-state index contributed by atoms with van der Waals surface area (Å²) in [5.74, 6) is 4.41. The highest BCUT2D eigenvalue weighted by molar-refractivity contribution is 7.17. The molecule has 1 fully saturated rings. The fourth-order valence-electron chi connectivity index (χ4n) is 2.62. The summed E-state index contributed by atoms with van der Waals surface area (Å²) >= 11 is 0. The van der Waals surface area contributed by atoms with Crippen molar-refractivity contribution in [3.63, 3.8) is 0 Å². The number of hydrogen-bond donors (Lipinski definition) is 0. The molecule has 1 rings (SSSR count). The summed E-state index contributed by atoms with van der Waals surface area (Å²) in [5, 5.41) is 0. The smallest absolute Gasteiger partial charge is 0.0207 e. The molecule has 0 bridgehead atoms. The Morgan fingerprint density at radius 2 is 0.833 bits per heavy atom. The molecule has 0 nitrogen and oxygen atoms in total. The highest BCUT2D eigenvalue weighted by Crippen LogP contribution is 2.44. The van der Waals surface area contributed by atoms with Crippen LogP contribution >= 0.6 is 9.24 Å². The monoisotopic (exact) mass is 186 g/mol. The lowest BCUT2D eigenvalue weighted by Crippen LogP contribution is -2.41. The van der Waals surface area contributed by atoms with Gasteiger partial charge in [0.05, 0.1) is 0 Å². The van der Waals surface area contributed by atoms with Gasteiger partial charge in [-0.05, 0) is 35.2 Å². The normalized spacial score (nSPS) is 55.5. The van der Waals surface area contributed by atoms with Crippen LogP contribution in [0.25, 0.3) is 0 Å². The summed E-state index contributed by atoms with van der Waals surface area (Å²) in [6, 6.07) is 0. The van der Waals surface area contributed by atoms with Crippen LogP contribution in [0.4, 0.5) is 0 Å². The van der Waals surface area contributed by atoms with Gasteiger partial charge < -0.3 is 0 Å². The van der Waals surface area contributed by atoms with Crippen LogP contribution in [0.1, 0.15) is 34.6 Å². The van der Waals surface area contributed by atoms with E-state index < -0.39 is 0 Å². The molecule has 0 aliphatic heterocycles. The van der Waals surface area contributed by atoms with Crippen molar-refractivity contribution in [3.8, 4) is 0 Å². The largest absolute Gasteiger partial charge is 0.134 e. The summed E-state index contributed by atoms with van der Waals surface area (Å²) in [5.41, 5.74) is 0.825. The molecule has 1 heteroatoms. The molecule has 5 unspecified atom stereocenters. The van der Waals surface area contributed by atoms with Crippen molar-refractivity contribution in [3.05, 3.63) is 0 Å². The van der Waals surface area contributed by atoms with Crippen molar-refractivity contribution in [1.29, 1.82) is 0 Å². The van der Waals surface area contributed by atoms with Gasteiger partial charge in [-0.3, -0.25) is 0 Å². The molecule has 0 spiro atoms. The van der Waals surface area contributed by atoms with Crippen LogP contribution in [-0.4, -0.2) is 5.66 Å². The maximum atomic E-state index is 3.05. The van der Waals surface area contributed by atoms with E-state index in [2.05, 4.69) is 43.9 Å². The first-order chi connectivity index (χ1) is 5.46. The third-order valence-electron chi connectivity index (χ3n) is 4.53. The highest BCUT2D eigenvalue weighted by atomic mass is 31.0. The molecule has 1 saturated carbocycles. The third kappa shape index (κ3) is 1.55. The van der Waals surface area contributed by atoms with E-state index >= 15 is 0 Å². The minimum Gasteiger partial charge on any atom is -0.134 e. The average molecular weight is 186 g/mol. The van der Waals surface area contributed by atoms with Crippen LogP contribution in [0.3, 0.4) is 0 Å². The van der Waals surface area contributed by atoms with Gasteiger partial charge in [-0.15, -0.1) is 9.24 Å². The summed E-state index contributed by atoms with van der Waals surface area (Å²) in [6.45, 7) is 12.0. The Labute approximate surface area is 79.7 Å². The van der Waals surface area contributed by atoms with Crippen molar-refractivity contribution < 1.29 is 0 Å². The van der Waals surface area contributed by atoms with Gasteiger partial charge in [-0.2, -0.15) is 0 Å². The Bertz CT molecular complexity index is 96.6. The maximum absolute atomic E-state index is 3.05. The van der Waals surface area contributed by atoms with Gasteiger partial charge in [-0.25, -0.2) is 0 Å². The molecule has 0 heterocycles. The number of hydrogen-bond acceptors (Lipinski definition) is 0. The van der Waals surface area contributed by atoms with E-state index in [0.29, 0.717) is 0 Å². The first-order valence-electron chi connectivity index (χ1n) is 5.22. The molecule has 12 heavy (non-hydrogen) atoms. The van der Waals surface area contributed by atoms with E-state index in [0.717, 1.165) is 35.2 Å². The Kier molecular flexibility index (Phi) is 3.21. The Morgan fingerprint density at radius 1 is 0.583 bits per heavy atom. The van der Waals surface area contributed by atoms with Gasteiger partial charge in [0.15, 0.2) is 0 Å². The highest BCUT2D eigenvalue weighted by Gasteiger charge is 2.38. The summed E-state index contributed by atoms with van der Waals surface area (Å²) in [7, 11) is 3.05. The molecule has 0 saturated heterocycles. The Hall–Kier alpha value is 0.430. The van der Waals surface area contributed by atoms with Crippen molar-refractivity contribution >= 4 is 9.24 Å². The standard InChI is InChI=1S/C11H23P/c1-6-7(2)9(4)11(12)10(5)8(6)3/h6-11H,12H2,1-5H3. The fraction of sp³-hybridized carbons (Fsp3) is 1.00. The van der Waals surface area contributed by atoms with E-state index in [1.807, 2.05) is 0 Å². The SMILES string of the molecule is CC1C(C)C(C)C(P)C(C)C1C. The first kappa shape index (κ1) is 10.5. The zero-order valence-corrected chi connectivity index (χ0v) is 10.2. The first-order valence-corrected chi connectivity index (χ1v) is 5.89. The third-order valence-corrected chi connectivity index (χ3v) is 5.75. The number of rotatable bonds is 0. The zero-order valence-electron chi connectivity index (χ0n) is 9.04. The molecular weight excluding hydrogens is 163 g/mol. The van der Waals surface area contributed by atoms with Gasteiger partial charge in [0.1, 0.15) is 0 Å². The Balaban J connectivity index is 2.76. The van der Waals surface area contributed by atoms with Crippen LogP contribution in [0, 0.1) is 29.6 Å². The minimum absolute atomic E-state index is 0.825. The van der Waals surface area contributed by atoms with Crippen molar-refractivity contribution in [1.82, 2.24) is 0 Å². The molecule has 0 amide bonds. The maximum Gasteiger partial charge on any atom is -0.0207 e. The van der Waals surface area contributed by atoms with E-state index in [4.69, 9.17) is 0 Å². The van der Waals surface area contributed by atoms with E-state index in [1.165, 1.54) is 0 Å². The van der Waals surface area contributed by atoms with Crippen molar-refractivity contribution in [2.24, 2.45) is 29.6 Å². The van der Waals surface area contributed by atoms with Crippen LogP contribution in [0.5, 0.6) is 0 Å². The summed E-state index contributed by atoms with van der Waals surface area (Å²) in [4.78, 5) is 0. The second-order valence-electron chi connectivity index (χ2n) is 4.87. The van der Waals surface area contributed by atoms with E-state index in [1.54, 1.807) is 0 Å². The summed E-state index contributed by atoms with van der Waals surface area (Å²) in [6.07, 6.45) is 0. The molecule has 0 N–H and O–H groups in total. The molecule has 5 atom stereocenters. The summed E-state index contributed by atoms with van der Waals surface area (Å²) < 4.78 is 0. The lowest BCUT2D eigenvalue weighted by Gasteiger charge is -2.45. The molecule has 0 aromatic rings. The van der Waals surface area contributed by atoms with Crippen molar-refractivity contribution in [2.45, 2.75) is 40.3 Å². The molecule has 0 aromatic carbocycles. The van der Waals surface area contributed by atoms with Gasteiger partial charge >= 0.3 is 0 Å². The van der Waals surface area contributed by atoms with Crippen LogP contribution in [0.2, 0.25) is 0 Å². The van der Waals surface area contributed by atoms with Gasteiger partial charge in [0.2, 0.25) is 0 Å². The van der Waals surface area contributed by atoms with Gasteiger partial charge in [-0.1, -0.05) is 34.6 Å². The van der Waals surface area contributed by atoms with Crippen molar-refractivity contribution in [2.75, 3.05) is 0 Å². The lowest BCUT2D eigenvalue weighted by atomic mass is 9.64. The zero-order chi connectivity index (χ0) is 9.46. The topological polar surface area (TPSA) is 0 Å². The second kappa shape index (κ2) is 3.66. The molecule has 1 aliphatic carbocycles. The van der Waals surface area contributed by atoms with E-state index in [9.17, 15) is 0 Å². The molecule has 72 valence electrons. The van der Waals surface area contributed by atoms with E-state index in [-0.39, 0.29) is 0 Å². The predicted octanol–water partition coefficient (Wildman–Crippen LogP) is 3.42. The predicted molar refractivity (Wildman–Crippen MR) is 59.3 cm³/mol. The Morgan fingerprint density at radius 3 is 1.17 bits per heavy atom. The van der Waals surface area contributed by atoms with Crippen LogP contribution < -0.4 is 0 Å². The van der Waals surface area contributed by atoms with Gasteiger partial charge in [0.25, 0.3) is 0 Å². The fourth-order valence-corrected chi connectivity index (χ4v) is 3.32. The lowest BCUT2D eigenvalue weighted by molar-refractivity contribution is 0.0928. The molecule has 0 aromatic heterocycles. The van der Waals surface area contributed by atoms with Crippen LogP contribution in [-0.2, 0) is 0 Å². The average Bonchev–Trinajstić information content (AvgIpc) is 2.08.